The van der Waals surface area contributed by atoms with E-state index in [0.29, 0.717) is 23.6 Å². The van der Waals surface area contributed by atoms with Crippen LogP contribution in [0.5, 0.6) is 5.75 Å². The number of nitrogens with zero attached hydrogens (tertiary/aromatic N) is 3. The van der Waals surface area contributed by atoms with E-state index in [2.05, 4.69) is 10.3 Å². The van der Waals surface area contributed by atoms with Crippen molar-refractivity contribution in [2.24, 2.45) is 7.05 Å². The Hall–Kier alpha value is -3.50. The van der Waals surface area contributed by atoms with Gasteiger partial charge in [0.25, 0.3) is 0 Å². The molecule has 0 aliphatic rings. The highest BCUT2D eigenvalue weighted by molar-refractivity contribution is 7.89. The maximum atomic E-state index is 12.8. The molecule has 1 N–H and O–H groups in total. The lowest BCUT2D eigenvalue weighted by atomic mass is 10.1. The van der Waals surface area contributed by atoms with Gasteiger partial charge in [-0.2, -0.15) is 0 Å². The molecule has 0 aliphatic carbocycles. The molecule has 3 rings (SSSR count). The number of hydrogen-bond donors (Lipinski definition) is 1. The van der Waals surface area contributed by atoms with E-state index in [9.17, 15) is 18.0 Å². The lowest BCUT2D eigenvalue weighted by Crippen LogP contribution is -2.32. The van der Waals surface area contributed by atoms with Crippen LogP contribution >= 0.6 is 0 Å². The molecule has 35 heavy (non-hydrogen) atoms. The van der Waals surface area contributed by atoms with Crippen LogP contribution in [-0.4, -0.2) is 54.7 Å². The van der Waals surface area contributed by atoms with Crippen LogP contribution < -0.4 is 10.1 Å². The first kappa shape index (κ1) is 26.1. The molecule has 0 fully saturated rings. The monoisotopic (exact) mass is 498 g/mol. The number of hydrogen-bond acceptors (Lipinski definition) is 6. The minimum atomic E-state index is -3.73. The number of rotatable bonds is 11. The fourth-order valence-electron chi connectivity index (χ4n) is 3.61. The van der Waals surface area contributed by atoms with E-state index in [-0.39, 0.29) is 29.6 Å². The van der Waals surface area contributed by atoms with Crippen LogP contribution in [-0.2, 0) is 21.9 Å². The van der Waals surface area contributed by atoms with Crippen molar-refractivity contribution in [2.75, 3.05) is 20.7 Å². The fourth-order valence-corrected chi connectivity index (χ4v) is 4.82. The summed E-state index contributed by atoms with van der Waals surface area (Å²) in [4.78, 5) is 28.7. The predicted molar refractivity (Wildman–Crippen MR) is 132 cm³/mol. The number of imidazole rings is 1. The van der Waals surface area contributed by atoms with Gasteiger partial charge in [0, 0.05) is 45.0 Å². The highest BCUT2D eigenvalue weighted by atomic mass is 32.2. The average Bonchev–Trinajstić information content (AvgIpc) is 3.28. The molecule has 9 nitrogen and oxygen atoms in total. The van der Waals surface area contributed by atoms with E-state index in [4.69, 9.17) is 4.74 Å². The molecule has 0 radical (unpaired) electrons. The van der Waals surface area contributed by atoms with Gasteiger partial charge in [-0.1, -0.05) is 24.3 Å². The quantitative estimate of drug-likeness (QED) is 0.407. The highest BCUT2D eigenvalue weighted by Gasteiger charge is 2.23. The second-order valence-corrected chi connectivity index (χ2v) is 10.2. The van der Waals surface area contributed by atoms with Crippen molar-refractivity contribution in [2.45, 2.75) is 30.7 Å². The Morgan fingerprint density at radius 2 is 1.77 bits per heavy atom. The number of sulfonamides is 1. The third-order valence-electron chi connectivity index (χ3n) is 5.72. The van der Waals surface area contributed by atoms with Crippen LogP contribution in [0.2, 0.25) is 0 Å². The molecule has 0 bridgehead atoms. The number of aromatic nitrogens is 2. The summed E-state index contributed by atoms with van der Waals surface area (Å²) < 4.78 is 33.9. The van der Waals surface area contributed by atoms with Crippen LogP contribution in [0.15, 0.2) is 65.8 Å². The van der Waals surface area contributed by atoms with Crippen LogP contribution in [0.3, 0.4) is 0 Å². The van der Waals surface area contributed by atoms with Gasteiger partial charge in [-0.05, 0) is 43.2 Å². The maximum absolute atomic E-state index is 12.8. The molecule has 1 atom stereocenters. The Kier molecular flexibility index (Phi) is 8.42. The van der Waals surface area contributed by atoms with Gasteiger partial charge in [0.2, 0.25) is 15.9 Å². The van der Waals surface area contributed by atoms with Crippen molar-refractivity contribution in [3.8, 4) is 5.75 Å². The minimum Gasteiger partial charge on any atom is -0.497 e. The molecular weight excluding hydrogens is 468 g/mol. The van der Waals surface area contributed by atoms with Crippen molar-refractivity contribution >= 4 is 21.7 Å². The molecule has 0 aliphatic heterocycles. The molecule has 0 spiro atoms. The largest absolute Gasteiger partial charge is 0.497 e. The van der Waals surface area contributed by atoms with E-state index in [0.717, 1.165) is 5.56 Å². The lowest BCUT2D eigenvalue weighted by Gasteiger charge is -2.20. The van der Waals surface area contributed by atoms with Gasteiger partial charge >= 0.3 is 0 Å². The summed E-state index contributed by atoms with van der Waals surface area (Å²) in [6.07, 6.45) is 3.95. The van der Waals surface area contributed by atoms with E-state index in [1.165, 1.54) is 42.5 Å². The van der Waals surface area contributed by atoms with Crippen LogP contribution in [0.4, 0.5) is 0 Å². The van der Waals surface area contributed by atoms with E-state index < -0.39 is 16.1 Å². The van der Waals surface area contributed by atoms with Gasteiger partial charge in [0.1, 0.15) is 17.6 Å². The lowest BCUT2D eigenvalue weighted by molar-refractivity contribution is -0.121. The molecule has 0 saturated heterocycles. The molecule has 3 aromatic rings. The van der Waals surface area contributed by atoms with Gasteiger partial charge in [-0.3, -0.25) is 9.59 Å². The normalized spacial score (nSPS) is 12.4. The van der Waals surface area contributed by atoms with Gasteiger partial charge in [-0.25, -0.2) is 17.7 Å². The van der Waals surface area contributed by atoms with Gasteiger partial charge in [-0.15, -0.1) is 0 Å². The Labute approximate surface area is 205 Å². The Morgan fingerprint density at radius 3 is 2.31 bits per heavy atom. The van der Waals surface area contributed by atoms with Crippen molar-refractivity contribution in [3.63, 3.8) is 0 Å². The number of benzene rings is 2. The zero-order valence-electron chi connectivity index (χ0n) is 20.3. The van der Waals surface area contributed by atoms with Gasteiger partial charge in [0.15, 0.2) is 5.78 Å². The SMILES string of the molecule is COc1ccc(C(NC(=O)CCCN(C)S(=O)(=O)c2ccc(C(C)=O)cc2)c2nccn2C)cc1. The first-order valence-corrected chi connectivity index (χ1v) is 12.6. The smallest absolute Gasteiger partial charge is 0.242 e. The molecule has 1 aromatic heterocycles. The molecule has 1 heterocycles. The van der Waals surface area contributed by atoms with Gasteiger partial charge < -0.3 is 14.6 Å². The zero-order chi connectivity index (χ0) is 25.6. The molecule has 1 amide bonds. The summed E-state index contributed by atoms with van der Waals surface area (Å²) in [6, 6.07) is 12.7. The van der Waals surface area contributed by atoms with Crippen LogP contribution in [0.1, 0.15) is 47.6 Å². The molecule has 0 saturated carbocycles. The summed E-state index contributed by atoms with van der Waals surface area (Å²) in [5, 5.41) is 3.01. The molecule has 186 valence electrons. The molecular formula is C25H30N4O5S. The topological polar surface area (TPSA) is 111 Å². The van der Waals surface area contributed by atoms with Crippen LogP contribution in [0, 0.1) is 0 Å². The Bertz CT molecular complexity index is 1270. The summed E-state index contributed by atoms with van der Waals surface area (Å²) in [6.45, 7) is 1.59. The number of aryl methyl sites for hydroxylation is 1. The average molecular weight is 499 g/mol. The third kappa shape index (κ3) is 6.34. The first-order valence-electron chi connectivity index (χ1n) is 11.1. The third-order valence-corrected chi connectivity index (χ3v) is 7.59. The first-order chi connectivity index (χ1) is 16.6. The van der Waals surface area contributed by atoms with Crippen LogP contribution in [0.25, 0.3) is 0 Å². The summed E-state index contributed by atoms with van der Waals surface area (Å²) in [7, 11) is 1.19. The minimum absolute atomic E-state index is 0.101. The fraction of sp³-hybridized carbons (Fsp3) is 0.320. The summed E-state index contributed by atoms with van der Waals surface area (Å²) in [5.74, 6) is 1.04. The number of nitrogens with one attached hydrogen (secondary N) is 1. The van der Waals surface area contributed by atoms with Gasteiger partial charge in [0.05, 0.1) is 12.0 Å². The Balaban J connectivity index is 1.63. The van der Waals surface area contributed by atoms with E-state index >= 15 is 0 Å². The number of amides is 1. The number of methoxy groups -OCH3 is 1. The Morgan fingerprint density at radius 1 is 1.11 bits per heavy atom. The second kappa shape index (κ2) is 11.3. The number of ether oxygens (including phenoxy) is 1. The highest BCUT2D eigenvalue weighted by Crippen LogP contribution is 2.23. The number of carbonyl (C=O) groups is 2. The zero-order valence-corrected chi connectivity index (χ0v) is 21.1. The van der Waals surface area contributed by atoms with E-state index in [1.54, 1.807) is 19.5 Å². The van der Waals surface area contributed by atoms with Crippen molar-refractivity contribution in [1.29, 1.82) is 0 Å². The molecule has 10 heteroatoms. The molecule has 2 aromatic carbocycles. The number of carbonyl (C=O) groups excluding carboxylic acids is 2. The number of ketones is 1. The second-order valence-electron chi connectivity index (χ2n) is 8.18. The maximum Gasteiger partial charge on any atom is 0.242 e. The summed E-state index contributed by atoms with van der Waals surface area (Å²) in [5.41, 5.74) is 1.30. The van der Waals surface area contributed by atoms with E-state index in [1.807, 2.05) is 35.9 Å². The van der Waals surface area contributed by atoms with Crippen molar-refractivity contribution < 1.29 is 22.7 Å². The van der Waals surface area contributed by atoms with Crippen molar-refractivity contribution in [3.05, 3.63) is 77.9 Å². The standard InChI is InChI=1S/C25H30N4O5S/c1-18(30)19-9-13-22(14-10-19)35(32,33)29(3)16-5-6-23(31)27-24(25-26-15-17-28(25)2)20-7-11-21(34-4)12-8-20/h7-15,17,24H,5-6,16H2,1-4H3,(H,27,31). The predicted octanol–water partition coefficient (Wildman–Crippen LogP) is 2.94. The summed E-state index contributed by atoms with van der Waals surface area (Å²) >= 11 is 0. The number of Topliss-reactive ketones (excluding diaryl/α,β-unsaturated/α-hetero) is 1. The molecule has 1 unspecified atom stereocenters. The van der Waals surface area contributed by atoms with Crippen molar-refractivity contribution in [1.82, 2.24) is 19.2 Å².